The largest absolute Gasteiger partial charge is 0.360 e. The fourth-order valence-corrected chi connectivity index (χ4v) is 5.36. The van der Waals surface area contributed by atoms with E-state index in [2.05, 4.69) is 43.8 Å². The summed E-state index contributed by atoms with van der Waals surface area (Å²) in [5.74, 6) is 0.277. The summed E-state index contributed by atoms with van der Waals surface area (Å²) in [5.41, 5.74) is 4.60. The van der Waals surface area contributed by atoms with Crippen LogP contribution in [-0.4, -0.2) is 79.6 Å². The van der Waals surface area contributed by atoms with Crippen molar-refractivity contribution in [3.63, 3.8) is 0 Å². The van der Waals surface area contributed by atoms with Crippen molar-refractivity contribution in [3.05, 3.63) is 65.3 Å². The third-order valence-electron chi connectivity index (χ3n) is 7.42. The van der Waals surface area contributed by atoms with Gasteiger partial charge in [0.15, 0.2) is 11.6 Å². The van der Waals surface area contributed by atoms with Crippen LogP contribution in [0.25, 0.3) is 22.2 Å². The number of carbonyl (C=O) groups excluding carboxylic acids is 1. The minimum absolute atomic E-state index is 0.0869. The minimum atomic E-state index is -0.477. The molecule has 9 heteroatoms. The van der Waals surface area contributed by atoms with Crippen LogP contribution in [0.15, 0.2) is 36.8 Å². The standard InChI is InChI=1S/C28H34FN7O/c1-5-24(36-11-9-34(3)10-12-36)25(37)13-19-7-6-8-21-22(15-31-27(19)21)28-23(29)16-30-26(32-28)14-20-17-35(4)33-18(20)2/h6-8,15-17,24,31H,5,9-14H2,1-4H3/t24-/m0/s1. The Morgan fingerprint density at radius 3 is 2.65 bits per heavy atom. The van der Waals surface area contributed by atoms with Crippen molar-refractivity contribution >= 4 is 16.7 Å². The van der Waals surface area contributed by atoms with E-state index in [4.69, 9.17) is 0 Å². The summed E-state index contributed by atoms with van der Waals surface area (Å²) >= 11 is 0. The Labute approximate surface area is 216 Å². The molecule has 1 aromatic carbocycles. The van der Waals surface area contributed by atoms with Gasteiger partial charge in [0.1, 0.15) is 11.5 Å². The second-order valence-corrected chi connectivity index (χ2v) is 10.0. The summed E-state index contributed by atoms with van der Waals surface area (Å²) in [6.45, 7) is 7.79. The first-order valence-corrected chi connectivity index (χ1v) is 12.9. The van der Waals surface area contributed by atoms with Gasteiger partial charge in [0.05, 0.1) is 17.9 Å². The lowest BCUT2D eigenvalue weighted by Crippen LogP contribution is -2.51. The number of likely N-dealkylation sites (N-methyl/N-ethyl adjacent to an activating group) is 1. The molecule has 0 aliphatic carbocycles. The molecular formula is C28H34FN7O. The molecule has 0 spiro atoms. The summed E-state index contributed by atoms with van der Waals surface area (Å²) in [6, 6.07) is 5.76. The van der Waals surface area contributed by atoms with Crippen LogP contribution in [0.4, 0.5) is 4.39 Å². The van der Waals surface area contributed by atoms with E-state index in [1.54, 1.807) is 10.9 Å². The molecule has 1 N–H and O–H groups in total. The number of nitrogens with zero attached hydrogens (tertiary/aromatic N) is 6. The Bertz CT molecular complexity index is 1420. The number of fused-ring (bicyclic) bond motifs is 1. The Morgan fingerprint density at radius 1 is 1.16 bits per heavy atom. The quantitative estimate of drug-likeness (QED) is 0.396. The number of aromatic nitrogens is 5. The molecule has 1 fully saturated rings. The predicted molar refractivity (Wildman–Crippen MR) is 142 cm³/mol. The molecule has 8 nitrogen and oxygen atoms in total. The third-order valence-corrected chi connectivity index (χ3v) is 7.42. The van der Waals surface area contributed by atoms with Gasteiger partial charge in [0.2, 0.25) is 0 Å². The highest BCUT2D eigenvalue weighted by atomic mass is 19.1. The molecule has 0 saturated carbocycles. The molecule has 4 aromatic rings. The van der Waals surface area contributed by atoms with E-state index >= 15 is 0 Å². The number of benzene rings is 1. The number of carbonyl (C=O) groups is 1. The number of Topliss-reactive ketones (excluding diaryl/α,β-unsaturated/α-hetero) is 1. The molecule has 0 unspecified atom stereocenters. The number of halogens is 1. The topological polar surface area (TPSA) is 82.9 Å². The summed E-state index contributed by atoms with van der Waals surface area (Å²) in [6.07, 6.45) is 6.54. The molecule has 5 rings (SSSR count). The first kappa shape index (κ1) is 25.2. The molecule has 3 aromatic heterocycles. The summed E-state index contributed by atoms with van der Waals surface area (Å²) in [5, 5.41) is 5.22. The van der Waals surface area contributed by atoms with Gasteiger partial charge in [-0.3, -0.25) is 14.4 Å². The maximum atomic E-state index is 15.0. The first-order valence-electron chi connectivity index (χ1n) is 12.9. The van der Waals surface area contributed by atoms with Crippen LogP contribution >= 0.6 is 0 Å². The Morgan fingerprint density at radius 2 is 1.95 bits per heavy atom. The van der Waals surface area contributed by atoms with Gasteiger partial charge in [-0.1, -0.05) is 25.1 Å². The van der Waals surface area contributed by atoms with E-state index in [0.29, 0.717) is 24.2 Å². The minimum Gasteiger partial charge on any atom is -0.360 e. The maximum Gasteiger partial charge on any atom is 0.167 e. The summed E-state index contributed by atoms with van der Waals surface area (Å²) in [4.78, 5) is 30.1. The highest BCUT2D eigenvalue weighted by molar-refractivity contribution is 5.98. The molecule has 1 aliphatic rings. The number of piperazine rings is 1. The van der Waals surface area contributed by atoms with E-state index in [9.17, 15) is 9.18 Å². The third kappa shape index (κ3) is 5.19. The number of H-pyrrole nitrogens is 1. The fraction of sp³-hybridized carbons (Fsp3) is 0.429. The van der Waals surface area contributed by atoms with Crippen LogP contribution < -0.4 is 0 Å². The number of nitrogens with one attached hydrogen (secondary N) is 1. The zero-order valence-corrected chi connectivity index (χ0v) is 22.0. The summed E-state index contributed by atoms with van der Waals surface area (Å²) < 4.78 is 16.7. The Kier molecular flexibility index (Phi) is 7.17. The number of ketones is 1. The molecule has 194 valence electrons. The van der Waals surface area contributed by atoms with Crippen LogP contribution in [0.5, 0.6) is 0 Å². The molecule has 4 heterocycles. The second kappa shape index (κ2) is 10.5. The van der Waals surface area contributed by atoms with Crippen molar-refractivity contribution in [1.82, 2.24) is 34.5 Å². The normalized spacial score (nSPS) is 15.9. The molecular weight excluding hydrogens is 469 g/mol. The van der Waals surface area contributed by atoms with E-state index in [1.165, 1.54) is 6.20 Å². The van der Waals surface area contributed by atoms with Crippen LogP contribution in [0.3, 0.4) is 0 Å². The monoisotopic (exact) mass is 503 g/mol. The van der Waals surface area contributed by atoms with Crippen molar-refractivity contribution < 1.29 is 9.18 Å². The first-order chi connectivity index (χ1) is 17.8. The van der Waals surface area contributed by atoms with Crippen molar-refractivity contribution in [2.45, 2.75) is 39.2 Å². The van der Waals surface area contributed by atoms with Gasteiger partial charge in [0, 0.05) is 80.5 Å². The highest BCUT2D eigenvalue weighted by Gasteiger charge is 2.27. The van der Waals surface area contributed by atoms with E-state index < -0.39 is 5.82 Å². The van der Waals surface area contributed by atoms with Crippen molar-refractivity contribution in [3.8, 4) is 11.3 Å². The van der Waals surface area contributed by atoms with Crippen molar-refractivity contribution in [2.24, 2.45) is 7.05 Å². The van der Waals surface area contributed by atoms with E-state index in [0.717, 1.165) is 60.3 Å². The zero-order valence-electron chi connectivity index (χ0n) is 22.0. The second-order valence-electron chi connectivity index (χ2n) is 10.0. The number of aryl methyl sites for hydroxylation is 2. The number of hydrogen-bond donors (Lipinski definition) is 1. The molecule has 0 amide bonds. The molecule has 37 heavy (non-hydrogen) atoms. The van der Waals surface area contributed by atoms with Gasteiger partial charge >= 0.3 is 0 Å². The van der Waals surface area contributed by atoms with Crippen molar-refractivity contribution in [1.29, 1.82) is 0 Å². The van der Waals surface area contributed by atoms with Crippen LogP contribution in [0.2, 0.25) is 0 Å². The zero-order chi connectivity index (χ0) is 26.1. The highest BCUT2D eigenvalue weighted by Crippen LogP contribution is 2.31. The van der Waals surface area contributed by atoms with E-state index in [1.807, 2.05) is 38.4 Å². The lowest BCUT2D eigenvalue weighted by Gasteiger charge is -2.37. The molecule has 1 aliphatic heterocycles. The fourth-order valence-electron chi connectivity index (χ4n) is 5.36. The number of aromatic amines is 1. The van der Waals surface area contributed by atoms with Crippen LogP contribution in [0.1, 0.15) is 36.0 Å². The number of rotatable bonds is 8. The molecule has 0 bridgehead atoms. The molecule has 1 atom stereocenters. The van der Waals surface area contributed by atoms with Gasteiger partial charge in [0.25, 0.3) is 0 Å². The van der Waals surface area contributed by atoms with Crippen LogP contribution in [-0.2, 0) is 24.7 Å². The maximum absolute atomic E-state index is 15.0. The van der Waals surface area contributed by atoms with Gasteiger partial charge in [-0.25, -0.2) is 14.4 Å². The summed E-state index contributed by atoms with van der Waals surface area (Å²) in [7, 11) is 3.99. The SMILES string of the molecule is CC[C@@H](C(=O)Cc1cccc2c(-c3nc(Cc4cn(C)nc4C)ncc3F)c[nH]c12)N1CCN(C)CC1. The van der Waals surface area contributed by atoms with E-state index in [-0.39, 0.29) is 17.5 Å². The van der Waals surface area contributed by atoms with Crippen LogP contribution in [0, 0.1) is 12.7 Å². The van der Waals surface area contributed by atoms with Gasteiger partial charge < -0.3 is 9.88 Å². The van der Waals surface area contributed by atoms with Crippen molar-refractivity contribution in [2.75, 3.05) is 33.2 Å². The van der Waals surface area contributed by atoms with Gasteiger partial charge in [-0.15, -0.1) is 0 Å². The number of para-hydroxylation sites is 1. The average molecular weight is 504 g/mol. The lowest BCUT2D eigenvalue weighted by molar-refractivity contribution is -0.124. The van der Waals surface area contributed by atoms with Gasteiger partial charge in [-0.05, 0) is 26.0 Å². The van der Waals surface area contributed by atoms with Gasteiger partial charge in [-0.2, -0.15) is 5.10 Å². The molecule has 1 saturated heterocycles. The predicted octanol–water partition coefficient (Wildman–Crippen LogP) is 3.53. The molecule has 0 radical (unpaired) electrons. The Hall–Kier alpha value is -3.43. The lowest BCUT2D eigenvalue weighted by atomic mass is 9.97. The smallest absolute Gasteiger partial charge is 0.167 e. The Balaban J connectivity index is 1.41. The average Bonchev–Trinajstić information content (AvgIpc) is 3.44. The number of hydrogen-bond acceptors (Lipinski definition) is 6.